The zero-order valence-electron chi connectivity index (χ0n) is 4.70. The van der Waals surface area contributed by atoms with Crippen molar-refractivity contribution in [2.24, 2.45) is 0 Å². The molecule has 0 saturated carbocycles. The van der Waals surface area contributed by atoms with E-state index in [4.69, 9.17) is 4.74 Å². The monoisotopic (exact) mass is 137 g/mol. The first-order chi connectivity index (χ1) is 4.47. The van der Waals surface area contributed by atoms with E-state index in [1.807, 2.05) is 12.2 Å². The lowest BCUT2D eigenvalue weighted by molar-refractivity contribution is 0.222. The topological polar surface area (TPSA) is 9.23 Å². The van der Waals surface area contributed by atoms with Gasteiger partial charge < -0.3 is 4.74 Å². The third kappa shape index (κ3) is 0.793. The average molecular weight is 137 g/mol. The molecule has 2 aliphatic rings. The SMILES string of the molecule is [C]1=CC2OC=CC=C2S1. The molecule has 0 bridgehead atoms. The minimum Gasteiger partial charge on any atom is -0.489 e. The second-order valence-corrected chi connectivity index (χ2v) is 2.75. The van der Waals surface area contributed by atoms with E-state index in [9.17, 15) is 0 Å². The smallest absolute Gasteiger partial charge is 0.149 e. The first kappa shape index (κ1) is 5.18. The minimum absolute atomic E-state index is 0.167. The Morgan fingerprint density at radius 2 is 2.67 bits per heavy atom. The highest BCUT2D eigenvalue weighted by molar-refractivity contribution is 8.05. The van der Waals surface area contributed by atoms with Crippen LogP contribution in [0.4, 0.5) is 0 Å². The van der Waals surface area contributed by atoms with E-state index < -0.39 is 0 Å². The van der Waals surface area contributed by atoms with Crippen LogP contribution in [0.15, 0.2) is 29.4 Å². The standard InChI is InChI=1S/C7H5OS/c1-2-7-6(8-4-1)3-5-9-7/h1-4,6H. The predicted octanol–water partition coefficient (Wildman–Crippen LogP) is 1.85. The molecule has 45 valence electrons. The Bertz CT molecular complexity index is 203. The second kappa shape index (κ2) is 1.95. The van der Waals surface area contributed by atoms with Crippen LogP contribution >= 0.6 is 11.8 Å². The van der Waals surface area contributed by atoms with E-state index in [-0.39, 0.29) is 6.10 Å². The van der Waals surface area contributed by atoms with Gasteiger partial charge in [0.05, 0.1) is 6.26 Å². The van der Waals surface area contributed by atoms with Gasteiger partial charge in [-0.25, -0.2) is 0 Å². The molecular weight excluding hydrogens is 132 g/mol. The summed E-state index contributed by atoms with van der Waals surface area (Å²) in [4.78, 5) is 1.23. The molecule has 0 saturated heterocycles. The van der Waals surface area contributed by atoms with Gasteiger partial charge in [0.1, 0.15) is 6.10 Å². The molecule has 2 heteroatoms. The van der Waals surface area contributed by atoms with E-state index in [1.165, 1.54) is 4.91 Å². The molecule has 9 heavy (non-hydrogen) atoms. The quantitative estimate of drug-likeness (QED) is 0.504. The van der Waals surface area contributed by atoms with Crippen molar-refractivity contribution in [2.45, 2.75) is 6.10 Å². The van der Waals surface area contributed by atoms with Gasteiger partial charge >= 0.3 is 0 Å². The summed E-state index contributed by atoms with van der Waals surface area (Å²) in [6.45, 7) is 0. The second-order valence-electron chi connectivity index (χ2n) is 1.84. The maximum absolute atomic E-state index is 5.21. The van der Waals surface area contributed by atoms with E-state index in [0.29, 0.717) is 0 Å². The molecule has 2 rings (SSSR count). The van der Waals surface area contributed by atoms with Gasteiger partial charge in [0.25, 0.3) is 0 Å². The minimum atomic E-state index is 0.167. The number of rotatable bonds is 0. The highest BCUT2D eigenvalue weighted by Crippen LogP contribution is 2.31. The lowest BCUT2D eigenvalue weighted by atomic mass is 10.3. The molecule has 2 aliphatic heterocycles. The molecule has 0 aliphatic carbocycles. The lowest BCUT2D eigenvalue weighted by Gasteiger charge is -2.11. The molecule has 1 atom stereocenters. The molecule has 0 aromatic carbocycles. The van der Waals surface area contributed by atoms with Gasteiger partial charge in [-0.2, -0.15) is 0 Å². The summed E-state index contributed by atoms with van der Waals surface area (Å²) in [6, 6.07) is 0. The van der Waals surface area contributed by atoms with E-state index >= 15 is 0 Å². The summed E-state index contributed by atoms with van der Waals surface area (Å²) in [6.07, 6.45) is 7.76. The van der Waals surface area contributed by atoms with Crippen molar-refractivity contribution >= 4 is 11.8 Å². The molecule has 0 aromatic heterocycles. The van der Waals surface area contributed by atoms with Crippen LogP contribution in [0.3, 0.4) is 0 Å². The van der Waals surface area contributed by atoms with Crippen LogP contribution in [0.1, 0.15) is 0 Å². The maximum atomic E-state index is 5.21. The van der Waals surface area contributed by atoms with E-state index in [2.05, 4.69) is 11.5 Å². The van der Waals surface area contributed by atoms with Crippen molar-refractivity contribution in [1.82, 2.24) is 0 Å². The fourth-order valence-corrected chi connectivity index (χ4v) is 1.52. The van der Waals surface area contributed by atoms with Crippen LogP contribution in [0.2, 0.25) is 0 Å². The highest BCUT2D eigenvalue weighted by atomic mass is 32.2. The first-order valence-corrected chi connectivity index (χ1v) is 3.56. The van der Waals surface area contributed by atoms with Crippen molar-refractivity contribution in [3.8, 4) is 0 Å². The Kier molecular flexibility index (Phi) is 1.12. The van der Waals surface area contributed by atoms with Gasteiger partial charge in [0.2, 0.25) is 0 Å². The van der Waals surface area contributed by atoms with Crippen molar-refractivity contribution < 1.29 is 4.74 Å². The number of thioether (sulfide) groups is 1. The van der Waals surface area contributed by atoms with Crippen molar-refractivity contribution in [2.75, 3.05) is 0 Å². The number of fused-ring (bicyclic) bond motifs is 1. The summed E-state index contributed by atoms with van der Waals surface area (Å²) < 4.78 is 5.21. The third-order valence-electron chi connectivity index (χ3n) is 1.24. The van der Waals surface area contributed by atoms with Crippen molar-refractivity contribution in [3.63, 3.8) is 0 Å². The summed E-state index contributed by atoms with van der Waals surface area (Å²) in [5.74, 6) is 0. The van der Waals surface area contributed by atoms with Crippen molar-refractivity contribution in [3.05, 3.63) is 34.8 Å². The third-order valence-corrected chi connectivity index (χ3v) is 2.10. The first-order valence-electron chi connectivity index (χ1n) is 2.75. The Hall–Kier alpha value is -0.630. The maximum Gasteiger partial charge on any atom is 0.149 e. The van der Waals surface area contributed by atoms with Crippen LogP contribution in [-0.4, -0.2) is 6.10 Å². The fraction of sp³-hybridized carbons (Fsp3) is 0.143. The Morgan fingerprint density at radius 3 is 3.56 bits per heavy atom. The predicted molar refractivity (Wildman–Crippen MR) is 37.5 cm³/mol. The van der Waals surface area contributed by atoms with Gasteiger partial charge in [-0.05, 0) is 18.2 Å². The van der Waals surface area contributed by atoms with Gasteiger partial charge in [0, 0.05) is 10.3 Å². The molecule has 0 fully saturated rings. The molecule has 1 radical (unpaired) electrons. The van der Waals surface area contributed by atoms with Crippen LogP contribution in [0.5, 0.6) is 0 Å². The largest absolute Gasteiger partial charge is 0.489 e. The zero-order valence-corrected chi connectivity index (χ0v) is 5.52. The Morgan fingerprint density at radius 1 is 1.67 bits per heavy atom. The van der Waals surface area contributed by atoms with Gasteiger partial charge in [0.15, 0.2) is 0 Å². The van der Waals surface area contributed by atoms with Crippen LogP contribution in [0, 0.1) is 5.41 Å². The summed E-state index contributed by atoms with van der Waals surface area (Å²) in [7, 11) is 0. The average Bonchev–Trinajstić information content (AvgIpc) is 2.33. The van der Waals surface area contributed by atoms with E-state index in [0.717, 1.165) is 0 Å². The number of hydrogen-bond acceptors (Lipinski definition) is 2. The number of hydrogen-bond donors (Lipinski definition) is 0. The lowest BCUT2D eigenvalue weighted by Crippen LogP contribution is -2.05. The van der Waals surface area contributed by atoms with Gasteiger partial charge in [-0.15, -0.1) is 0 Å². The molecule has 0 amide bonds. The molecule has 1 nitrogen and oxygen atoms in total. The molecule has 0 spiro atoms. The summed E-state index contributed by atoms with van der Waals surface area (Å²) >= 11 is 1.61. The zero-order chi connectivity index (χ0) is 6.10. The summed E-state index contributed by atoms with van der Waals surface area (Å²) in [5, 5.41) is 3.02. The Labute approximate surface area is 58.1 Å². The van der Waals surface area contributed by atoms with Crippen LogP contribution < -0.4 is 0 Å². The van der Waals surface area contributed by atoms with Gasteiger partial charge in [-0.3, -0.25) is 0 Å². The molecule has 1 unspecified atom stereocenters. The van der Waals surface area contributed by atoms with Crippen LogP contribution in [0.25, 0.3) is 0 Å². The highest BCUT2D eigenvalue weighted by Gasteiger charge is 2.17. The normalized spacial score (nSPS) is 29.3. The summed E-state index contributed by atoms with van der Waals surface area (Å²) in [5.41, 5.74) is 0. The fourth-order valence-electron chi connectivity index (χ4n) is 0.803. The Balaban J connectivity index is 2.29. The molecule has 0 N–H and O–H groups in total. The van der Waals surface area contributed by atoms with Crippen LogP contribution in [-0.2, 0) is 4.74 Å². The number of ether oxygens (including phenoxy) is 1. The van der Waals surface area contributed by atoms with Gasteiger partial charge in [-0.1, -0.05) is 11.8 Å². The molecular formula is C7H5OS. The molecule has 2 heterocycles. The number of allylic oxidation sites excluding steroid dienone is 2. The molecule has 0 aromatic rings. The van der Waals surface area contributed by atoms with Crippen molar-refractivity contribution in [1.29, 1.82) is 0 Å². The van der Waals surface area contributed by atoms with E-state index in [1.54, 1.807) is 18.0 Å².